The summed E-state index contributed by atoms with van der Waals surface area (Å²) in [5.41, 5.74) is 3.92. The van der Waals surface area contributed by atoms with Crippen LogP contribution in [-0.2, 0) is 17.4 Å². The monoisotopic (exact) mass is 567 g/mol. The molecule has 42 heavy (non-hydrogen) atoms. The second-order valence-corrected chi connectivity index (χ2v) is 10.2. The van der Waals surface area contributed by atoms with Crippen LogP contribution >= 0.6 is 0 Å². The third-order valence-corrected chi connectivity index (χ3v) is 7.73. The molecule has 1 atom stereocenters. The molecular formula is C33H20F3NO5. The highest BCUT2D eigenvalue weighted by molar-refractivity contribution is 6.21. The Kier molecular flexibility index (Phi) is 5.64. The van der Waals surface area contributed by atoms with Gasteiger partial charge in [-0.25, -0.2) is 0 Å². The molecular weight excluding hydrogens is 547 g/mol. The Bertz CT molecular complexity index is 1930. The lowest BCUT2D eigenvalue weighted by Crippen LogP contribution is -2.38. The van der Waals surface area contributed by atoms with Gasteiger partial charge in [0.2, 0.25) is 0 Å². The summed E-state index contributed by atoms with van der Waals surface area (Å²) in [6.45, 7) is 0. The Balaban J connectivity index is 1.31. The van der Waals surface area contributed by atoms with Crippen molar-refractivity contribution in [3.05, 3.63) is 113 Å². The number of amides is 1. The smallest absolute Gasteiger partial charge is 0.416 e. The van der Waals surface area contributed by atoms with Gasteiger partial charge in [0.05, 0.1) is 12.0 Å². The topological polar surface area (TPSA) is 87.1 Å². The van der Waals surface area contributed by atoms with Gasteiger partial charge in [0.1, 0.15) is 11.5 Å². The number of hydrogen-bond donors (Lipinski definition) is 2. The zero-order valence-corrected chi connectivity index (χ0v) is 21.6. The van der Waals surface area contributed by atoms with Crippen LogP contribution in [0.4, 0.5) is 18.9 Å². The van der Waals surface area contributed by atoms with E-state index in [1.165, 1.54) is 17.0 Å². The highest BCUT2D eigenvalue weighted by Crippen LogP contribution is 2.51. The van der Waals surface area contributed by atoms with Crippen LogP contribution in [0, 0.1) is 0 Å². The summed E-state index contributed by atoms with van der Waals surface area (Å²) in [6.07, 6.45) is -5.89. The number of aliphatic hydroxyl groups excluding tert-OH is 1. The average Bonchev–Trinajstić information content (AvgIpc) is 2.97. The van der Waals surface area contributed by atoms with Crippen molar-refractivity contribution >= 4 is 28.3 Å². The number of ether oxygens (including phenoxy) is 1. The lowest BCUT2D eigenvalue weighted by atomic mass is 9.86. The molecule has 208 valence electrons. The highest BCUT2D eigenvalue weighted by Gasteiger charge is 2.37. The standard InChI is InChI=1S/C33H20F3NO5/c34-33(35,36)20-6-3-18(4-7-20)19-5-13-26-25(16-19)22-10-11-23-29-24(12-14-27(42-26)30(22)29)32(41)37(31(23)40)21-8-1-17(2-9-21)15-28(38)39/h1-14,16,31,40H,15H2,(H,38,39). The molecule has 5 aromatic carbocycles. The molecule has 1 unspecified atom stereocenters. The molecule has 9 heteroatoms. The fourth-order valence-corrected chi connectivity index (χ4v) is 5.76. The molecule has 5 aromatic rings. The summed E-state index contributed by atoms with van der Waals surface area (Å²) < 4.78 is 45.4. The molecule has 1 amide bonds. The summed E-state index contributed by atoms with van der Waals surface area (Å²) >= 11 is 0. The van der Waals surface area contributed by atoms with Gasteiger partial charge in [0.15, 0.2) is 6.23 Å². The van der Waals surface area contributed by atoms with Crippen LogP contribution in [0.5, 0.6) is 11.5 Å². The zero-order chi connectivity index (χ0) is 29.3. The van der Waals surface area contributed by atoms with Crippen LogP contribution in [0.15, 0.2) is 91.0 Å². The number of halogens is 3. The van der Waals surface area contributed by atoms with Gasteiger partial charge in [-0.05, 0) is 70.8 Å². The SMILES string of the molecule is O=C(O)Cc1ccc(N2C(=O)c3ccc4c5c(ccc(c35)C2O)-c2cc(-c3ccc(C(F)(F)F)cc3)ccc2O4)cc1. The first kappa shape index (κ1) is 25.8. The van der Waals surface area contributed by atoms with Crippen LogP contribution in [0.3, 0.4) is 0 Å². The lowest BCUT2D eigenvalue weighted by Gasteiger charge is -2.35. The van der Waals surface area contributed by atoms with E-state index >= 15 is 0 Å². The maximum Gasteiger partial charge on any atom is 0.416 e. The maximum atomic E-state index is 13.7. The van der Waals surface area contributed by atoms with Gasteiger partial charge in [-0.3, -0.25) is 14.5 Å². The van der Waals surface area contributed by atoms with E-state index in [0.29, 0.717) is 61.3 Å². The Morgan fingerprint density at radius 1 is 0.786 bits per heavy atom. The van der Waals surface area contributed by atoms with Gasteiger partial charge < -0.3 is 14.9 Å². The number of aliphatic hydroxyl groups is 1. The molecule has 0 fully saturated rings. The second-order valence-electron chi connectivity index (χ2n) is 10.2. The number of carboxylic acids is 1. The average molecular weight is 568 g/mol. The van der Waals surface area contributed by atoms with Crippen LogP contribution in [0.2, 0.25) is 0 Å². The largest absolute Gasteiger partial charge is 0.481 e. The van der Waals surface area contributed by atoms with Crippen molar-refractivity contribution in [3.63, 3.8) is 0 Å². The molecule has 0 saturated carbocycles. The normalized spacial score (nSPS) is 15.4. The van der Waals surface area contributed by atoms with E-state index in [1.54, 1.807) is 54.6 Å². The number of benzene rings is 5. The van der Waals surface area contributed by atoms with E-state index in [4.69, 9.17) is 9.84 Å². The fraction of sp³-hybridized carbons (Fsp3) is 0.0909. The van der Waals surface area contributed by atoms with Crippen molar-refractivity contribution in [3.8, 4) is 33.8 Å². The van der Waals surface area contributed by atoms with Crippen molar-refractivity contribution in [1.29, 1.82) is 0 Å². The molecule has 0 bridgehead atoms. The Morgan fingerprint density at radius 2 is 1.45 bits per heavy atom. The first-order chi connectivity index (χ1) is 20.1. The molecule has 2 aliphatic rings. The minimum Gasteiger partial charge on any atom is -0.481 e. The van der Waals surface area contributed by atoms with Gasteiger partial charge in [0.25, 0.3) is 5.91 Å². The maximum absolute atomic E-state index is 13.7. The number of carboxylic acid groups (broad SMARTS) is 1. The Hall–Kier alpha value is -5.15. The first-order valence-corrected chi connectivity index (χ1v) is 13.0. The summed E-state index contributed by atoms with van der Waals surface area (Å²) in [5.74, 6) is -0.312. The van der Waals surface area contributed by atoms with Crippen LogP contribution in [0.25, 0.3) is 33.0 Å². The van der Waals surface area contributed by atoms with E-state index in [2.05, 4.69) is 0 Å². The molecule has 7 rings (SSSR count). The van der Waals surface area contributed by atoms with Crippen LogP contribution in [-0.4, -0.2) is 22.1 Å². The highest BCUT2D eigenvalue weighted by atomic mass is 19.4. The van der Waals surface area contributed by atoms with Crippen molar-refractivity contribution in [2.75, 3.05) is 4.90 Å². The van der Waals surface area contributed by atoms with Crippen molar-refractivity contribution in [2.45, 2.75) is 18.8 Å². The van der Waals surface area contributed by atoms with E-state index in [1.807, 2.05) is 12.1 Å². The first-order valence-electron chi connectivity index (χ1n) is 13.0. The molecule has 2 aliphatic heterocycles. The Morgan fingerprint density at radius 3 is 2.14 bits per heavy atom. The molecule has 0 saturated heterocycles. The molecule has 0 aliphatic carbocycles. The lowest BCUT2D eigenvalue weighted by molar-refractivity contribution is -0.138. The van der Waals surface area contributed by atoms with E-state index in [9.17, 15) is 27.9 Å². The van der Waals surface area contributed by atoms with Crippen molar-refractivity contribution in [2.24, 2.45) is 0 Å². The fourth-order valence-electron chi connectivity index (χ4n) is 5.76. The Labute approximate surface area is 236 Å². The molecule has 2 N–H and O–H groups in total. The van der Waals surface area contributed by atoms with Gasteiger partial charge in [0, 0.05) is 33.2 Å². The number of carbonyl (C=O) groups excluding carboxylic acids is 1. The predicted octanol–water partition coefficient (Wildman–Crippen LogP) is 7.58. The third kappa shape index (κ3) is 4.01. The number of hydrogen-bond acceptors (Lipinski definition) is 4. The van der Waals surface area contributed by atoms with Gasteiger partial charge >= 0.3 is 12.1 Å². The van der Waals surface area contributed by atoms with Gasteiger partial charge in [-0.1, -0.05) is 42.5 Å². The number of carbonyl (C=O) groups is 2. The van der Waals surface area contributed by atoms with Gasteiger partial charge in [-0.15, -0.1) is 0 Å². The third-order valence-electron chi connectivity index (χ3n) is 7.73. The molecule has 0 spiro atoms. The van der Waals surface area contributed by atoms with Crippen LogP contribution in [0.1, 0.15) is 33.3 Å². The van der Waals surface area contributed by atoms with Crippen molar-refractivity contribution < 1.29 is 37.7 Å². The number of anilines is 1. The molecule has 0 aromatic heterocycles. The molecule has 0 radical (unpaired) electrons. The minimum absolute atomic E-state index is 0.160. The van der Waals surface area contributed by atoms with E-state index in [-0.39, 0.29) is 6.42 Å². The summed E-state index contributed by atoms with van der Waals surface area (Å²) in [7, 11) is 0. The number of fused-ring (bicyclic) bond motifs is 2. The van der Waals surface area contributed by atoms with Crippen molar-refractivity contribution in [1.82, 2.24) is 0 Å². The molecule has 2 heterocycles. The quantitative estimate of drug-likeness (QED) is 0.229. The number of nitrogens with zero attached hydrogens (tertiary/aromatic N) is 1. The van der Waals surface area contributed by atoms with E-state index in [0.717, 1.165) is 17.7 Å². The summed E-state index contributed by atoms with van der Waals surface area (Å²) in [4.78, 5) is 26.1. The number of rotatable bonds is 4. The predicted molar refractivity (Wildman–Crippen MR) is 149 cm³/mol. The number of aliphatic carboxylic acids is 1. The second kappa shape index (κ2) is 9.19. The van der Waals surface area contributed by atoms with E-state index < -0.39 is 29.8 Å². The van der Waals surface area contributed by atoms with Crippen LogP contribution < -0.4 is 9.64 Å². The minimum atomic E-state index is -4.43. The number of alkyl halides is 3. The zero-order valence-electron chi connectivity index (χ0n) is 21.6. The summed E-state index contributed by atoms with van der Waals surface area (Å²) in [6, 6.07) is 23.7. The molecule has 6 nitrogen and oxygen atoms in total. The summed E-state index contributed by atoms with van der Waals surface area (Å²) in [5, 5.41) is 21.7. The van der Waals surface area contributed by atoms with Gasteiger partial charge in [-0.2, -0.15) is 13.2 Å².